The summed E-state index contributed by atoms with van der Waals surface area (Å²) in [5, 5.41) is 3.10. The number of methoxy groups -OCH3 is 1. The maximum atomic E-state index is 11.7. The number of ether oxygens (including phenoxy) is 1. The first-order valence-corrected chi connectivity index (χ1v) is 5.67. The Morgan fingerprint density at radius 1 is 1.31 bits per heavy atom. The van der Waals surface area contributed by atoms with Crippen molar-refractivity contribution in [2.75, 3.05) is 7.11 Å². The smallest absolute Gasteiger partial charge is 0.253 e. The lowest BCUT2D eigenvalue weighted by molar-refractivity contribution is 0.0636. The van der Waals surface area contributed by atoms with Crippen LogP contribution in [-0.2, 0) is 4.74 Å². The zero-order valence-electron chi connectivity index (χ0n) is 8.41. The number of nitrogens with one attached hydrogen (secondary N) is 1. The molecule has 3 nitrogen and oxygen atoms in total. The SMILES string of the molecule is COC(NC(=O)c1ccc(Cl)cc1)C(Cl)Cl. The van der Waals surface area contributed by atoms with Crippen LogP contribution >= 0.6 is 34.8 Å². The molecule has 0 fully saturated rings. The van der Waals surface area contributed by atoms with E-state index in [2.05, 4.69) is 5.32 Å². The van der Waals surface area contributed by atoms with E-state index in [1.54, 1.807) is 24.3 Å². The van der Waals surface area contributed by atoms with Crippen molar-refractivity contribution in [1.29, 1.82) is 0 Å². The predicted octanol–water partition coefficient (Wildman–Crippen LogP) is 2.85. The van der Waals surface area contributed by atoms with Crippen LogP contribution in [0.2, 0.25) is 5.02 Å². The minimum absolute atomic E-state index is 0.324. The van der Waals surface area contributed by atoms with Crippen LogP contribution in [0.3, 0.4) is 0 Å². The van der Waals surface area contributed by atoms with E-state index < -0.39 is 11.1 Å². The van der Waals surface area contributed by atoms with Gasteiger partial charge < -0.3 is 10.1 Å². The normalized spacial score (nSPS) is 12.6. The van der Waals surface area contributed by atoms with Gasteiger partial charge in [0, 0.05) is 17.7 Å². The first-order valence-electron chi connectivity index (χ1n) is 4.42. The molecule has 1 atom stereocenters. The van der Waals surface area contributed by atoms with Gasteiger partial charge in [-0.1, -0.05) is 11.6 Å². The average molecular weight is 283 g/mol. The molecular formula is C10H10Cl3NO2. The highest BCUT2D eigenvalue weighted by molar-refractivity contribution is 6.44. The molecule has 0 saturated heterocycles. The van der Waals surface area contributed by atoms with Crippen molar-refractivity contribution in [2.24, 2.45) is 0 Å². The van der Waals surface area contributed by atoms with Crippen LogP contribution in [0.15, 0.2) is 24.3 Å². The van der Waals surface area contributed by atoms with Crippen molar-refractivity contribution in [2.45, 2.75) is 11.1 Å². The minimum Gasteiger partial charge on any atom is -0.359 e. The van der Waals surface area contributed by atoms with Crippen molar-refractivity contribution in [3.8, 4) is 0 Å². The number of benzene rings is 1. The third-order valence-corrected chi connectivity index (χ3v) is 2.57. The van der Waals surface area contributed by atoms with Gasteiger partial charge in [0.2, 0.25) is 0 Å². The van der Waals surface area contributed by atoms with Crippen LogP contribution in [0.5, 0.6) is 0 Å². The molecule has 88 valence electrons. The monoisotopic (exact) mass is 281 g/mol. The number of rotatable bonds is 4. The van der Waals surface area contributed by atoms with Gasteiger partial charge in [0.15, 0.2) is 11.1 Å². The second-order valence-corrected chi connectivity index (χ2v) is 4.57. The standard InChI is InChI=1S/C10H10Cl3NO2/c1-16-10(8(12)13)14-9(15)6-2-4-7(11)5-3-6/h2-5,8,10H,1H3,(H,14,15). The number of amides is 1. The number of carbonyl (C=O) groups excluding carboxylic acids is 1. The van der Waals surface area contributed by atoms with Crippen LogP contribution in [-0.4, -0.2) is 24.1 Å². The molecule has 1 N–H and O–H groups in total. The fourth-order valence-corrected chi connectivity index (χ4v) is 1.50. The Morgan fingerprint density at radius 3 is 2.31 bits per heavy atom. The summed E-state index contributed by atoms with van der Waals surface area (Å²) in [6.45, 7) is 0. The maximum absolute atomic E-state index is 11.7. The van der Waals surface area contributed by atoms with Gasteiger partial charge in [0.1, 0.15) is 0 Å². The molecule has 0 spiro atoms. The van der Waals surface area contributed by atoms with Crippen LogP contribution in [0.4, 0.5) is 0 Å². The molecule has 1 unspecified atom stereocenters. The highest BCUT2D eigenvalue weighted by atomic mass is 35.5. The molecule has 0 aliphatic carbocycles. The summed E-state index contributed by atoms with van der Waals surface area (Å²) in [5.74, 6) is -0.324. The Bertz CT molecular complexity index is 354. The predicted molar refractivity (Wildman–Crippen MR) is 65.2 cm³/mol. The molecule has 1 aromatic carbocycles. The lowest BCUT2D eigenvalue weighted by Crippen LogP contribution is -2.40. The van der Waals surface area contributed by atoms with E-state index in [1.807, 2.05) is 0 Å². The van der Waals surface area contributed by atoms with E-state index in [9.17, 15) is 4.79 Å². The molecule has 1 aromatic rings. The van der Waals surface area contributed by atoms with Crippen LogP contribution in [0, 0.1) is 0 Å². The van der Waals surface area contributed by atoms with E-state index in [-0.39, 0.29) is 5.91 Å². The highest BCUT2D eigenvalue weighted by Gasteiger charge is 2.19. The van der Waals surface area contributed by atoms with Crippen molar-refractivity contribution in [3.05, 3.63) is 34.9 Å². The number of carbonyl (C=O) groups is 1. The molecule has 0 heterocycles. The lowest BCUT2D eigenvalue weighted by atomic mass is 10.2. The van der Waals surface area contributed by atoms with Crippen molar-refractivity contribution < 1.29 is 9.53 Å². The molecule has 0 aliphatic rings. The first kappa shape index (κ1) is 13.6. The van der Waals surface area contributed by atoms with Gasteiger partial charge in [-0.15, -0.1) is 23.2 Å². The molecule has 6 heteroatoms. The van der Waals surface area contributed by atoms with Gasteiger partial charge in [-0.3, -0.25) is 4.79 Å². The van der Waals surface area contributed by atoms with Crippen LogP contribution in [0.1, 0.15) is 10.4 Å². The fourth-order valence-electron chi connectivity index (χ4n) is 1.04. The quantitative estimate of drug-likeness (QED) is 0.681. The summed E-state index contributed by atoms with van der Waals surface area (Å²) < 4.78 is 4.91. The van der Waals surface area contributed by atoms with Gasteiger partial charge in [0.05, 0.1) is 0 Å². The third kappa shape index (κ3) is 3.83. The number of alkyl halides is 2. The maximum Gasteiger partial charge on any atom is 0.253 e. The van der Waals surface area contributed by atoms with Gasteiger partial charge in [-0.25, -0.2) is 0 Å². The van der Waals surface area contributed by atoms with Crippen molar-refractivity contribution in [1.82, 2.24) is 5.32 Å². The Balaban J connectivity index is 2.68. The van der Waals surface area contributed by atoms with E-state index in [0.717, 1.165) is 0 Å². The molecule has 16 heavy (non-hydrogen) atoms. The molecule has 0 aromatic heterocycles. The van der Waals surface area contributed by atoms with Gasteiger partial charge in [0.25, 0.3) is 5.91 Å². The summed E-state index contributed by atoms with van der Waals surface area (Å²) in [5.41, 5.74) is 0.459. The minimum atomic E-state index is -0.832. The van der Waals surface area contributed by atoms with E-state index >= 15 is 0 Å². The largest absolute Gasteiger partial charge is 0.359 e. The van der Waals surface area contributed by atoms with Gasteiger partial charge >= 0.3 is 0 Å². The molecule has 0 saturated carbocycles. The Hall–Kier alpha value is -0.480. The summed E-state index contributed by atoms with van der Waals surface area (Å²) in [7, 11) is 1.41. The summed E-state index contributed by atoms with van der Waals surface area (Å²) in [6.07, 6.45) is -0.744. The van der Waals surface area contributed by atoms with Crippen LogP contribution in [0.25, 0.3) is 0 Å². The average Bonchev–Trinajstić information content (AvgIpc) is 2.26. The lowest BCUT2D eigenvalue weighted by Gasteiger charge is -2.17. The highest BCUT2D eigenvalue weighted by Crippen LogP contribution is 2.12. The fraction of sp³-hybridized carbons (Fsp3) is 0.300. The van der Waals surface area contributed by atoms with Gasteiger partial charge in [-0.2, -0.15) is 0 Å². The molecule has 0 radical (unpaired) electrons. The van der Waals surface area contributed by atoms with Crippen LogP contribution < -0.4 is 5.32 Å². The summed E-state index contributed by atoms with van der Waals surface area (Å²) in [4.78, 5) is 10.8. The molecule has 1 amide bonds. The Morgan fingerprint density at radius 2 is 1.88 bits per heavy atom. The summed E-state index contributed by atoms with van der Waals surface area (Å²) >= 11 is 16.9. The number of halogens is 3. The number of hydrogen-bond donors (Lipinski definition) is 1. The Labute approximate surface area is 109 Å². The molecule has 0 aliphatic heterocycles. The zero-order chi connectivity index (χ0) is 12.1. The van der Waals surface area contributed by atoms with E-state index in [4.69, 9.17) is 39.5 Å². The Kier molecular flexibility index (Phi) is 5.35. The number of hydrogen-bond acceptors (Lipinski definition) is 2. The summed E-state index contributed by atoms with van der Waals surface area (Å²) in [6, 6.07) is 6.44. The van der Waals surface area contributed by atoms with Gasteiger partial charge in [-0.05, 0) is 24.3 Å². The molecule has 0 bridgehead atoms. The molecular weight excluding hydrogens is 272 g/mol. The second-order valence-electron chi connectivity index (χ2n) is 2.97. The second kappa shape index (κ2) is 6.30. The third-order valence-electron chi connectivity index (χ3n) is 1.86. The van der Waals surface area contributed by atoms with E-state index in [0.29, 0.717) is 10.6 Å². The van der Waals surface area contributed by atoms with Crippen molar-refractivity contribution >= 4 is 40.7 Å². The topological polar surface area (TPSA) is 38.3 Å². The van der Waals surface area contributed by atoms with E-state index in [1.165, 1.54) is 7.11 Å². The van der Waals surface area contributed by atoms with Crippen molar-refractivity contribution in [3.63, 3.8) is 0 Å². The molecule has 1 rings (SSSR count). The zero-order valence-corrected chi connectivity index (χ0v) is 10.7. The first-order chi connectivity index (χ1) is 7.54.